The number of likely N-dealkylation sites (tertiary alicyclic amines) is 1. The molecule has 1 saturated heterocycles. The number of anilines is 2. The summed E-state index contributed by atoms with van der Waals surface area (Å²) in [6, 6.07) is 12.0. The van der Waals surface area contributed by atoms with Crippen molar-refractivity contribution < 1.29 is 9.18 Å². The van der Waals surface area contributed by atoms with Gasteiger partial charge in [0.15, 0.2) is 0 Å². The zero-order valence-electron chi connectivity index (χ0n) is 17.6. The molecule has 0 atom stereocenters. The lowest BCUT2D eigenvalue weighted by molar-refractivity contribution is -0.132. The molecular weight excluding hydrogens is 393 g/mol. The number of carbonyl (C=O) groups is 1. The SMILES string of the molecule is CCCC(=O)N1CCC(c2nc(Nc3cccc(F)c3)cc(-c3cccnc3)n2)CC1. The molecule has 0 unspecified atom stereocenters. The van der Waals surface area contributed by atoms with Crippen LogP contribution in [0.15, 0.2) is 54.9 Å². The lowest BCUT2D eigenvalue weighted by Gasteiger charge is -2.31. The molecule has 3 heterocycles. The Morgan fingerprint density at radius 1 is 1.16 bits per heavy atom. The maximum atomic E-state index is 13.6. The van der Waals surface area contributed by atoms with Crippen molar-refractivity contribution >= 4 is 17.4 Å². The van der Waals surface area contributed by atoms with Gasteiger partial charge in [-0.1, -0.05) is 13.0 Å². The van der Waals surface area contributed by atoms with Gasteiger partial charge in [-0.15, -0.1) is 0 Å². The van der Waals surface area contributed by atoms with E-state index in [9.17, 15) is 9.18 Å². The average Bonchev–Trinajstić information content (AvgIpc) is 2.80. The van der Waals surface area contributed by atoms with Crippen LogP contribution in [-0.2, 0) is 4.79 Å². The van der Waals surface area contributed by atoms with Crippen LogP contribution >= 0.6 is 0 Å². The van der Waals surface area contributed by atoms with Crippen molar-refractivity contribution in [2.45, 2.75) is 38.5 Å². The summed E-state index contributed by atoms with van der Waals surface area (Å²) in [4.78, 5) is 27.9. The fourth-order valence-corrected chi connectivity index (χ4v) is 3.85. The van der Waals surface area contributed by atoms with E-state index in [-0.39, 0.29) is 17.6 Å². The number of hydrogen-bond acceptors (Lipinski definition) is 5. The molecule has 31 heavy (non-hydrogen) atoms. The third kappa shape index (κ3) is 5.23. The quantitative estimate of drug-likeness (QED) is 0.614. The molecule has 0 spiro atoms. The normalized spacial score (nSPS) is 14.5. The Labute approximate surface area is 181 Å². The Kier molecular flexibility index (Phi) is 6.50. The van der Waals surface area contributed by atoms with Gasteiger partial charge in [0, 0.05) is 55.1 Å². The van der Waals surface area contributed by atoms with E-state index >= 15 is 0 Å². The van der Waals surface area contributed by atoms with E-state index in [1.807, 2.05) is 30.0 Å². The molecule has 0 saturated carbocycles. The summed E-state index contributed by atoms with van der Waals surface area (Å²) < 4.78 is 13.6. The second-order valence-corrected chi connectivity index (χ2v) is 7.78. The number of halogens is 1. The Morgan fingerprint density at radius 3 is 2.71 bits per heavy atom. The first kappa shape index (κ1) is 20.9. The van der Waals surface area contributed by atoms with E-state index in [0.29, 0.717) is 17.9 Å². The Hall–Kier alpha value is -3.35. The van der Waals surface area contributed by atoms with Gasteiger partial charge in [-0.2, -0.15) is 0 Å². The molecule has 3 aromatic rings. The number of aromatic nitrogens is 3. The molecule has 0 radical (unpaired) electrons. The van der Waals surface area contributed by atoms with Crippen LogP contribution in [0.1, 0.15) is 44.3 Å². The monoisotopic (exact) mass is 419 g/mol. The smallest absolute Gasteiger partial charge is 0.222 e. The first-order chi connectivity index (χ1) is 15.1. The number of benzene rings is 1. The molecule has 2 aromatic heterocycles. The number of nitrogens with one attached hydrogen (secondary N) is 1. The van der Waals surface area contributed by atoms with Crippen LogP contribution in [0.3, 0.4) is 0 Å². The standard InChI is InChI=1S/C24H26FN5O/c1-2-5-23(31)30-12-9-17(10-13-30)24-28-21(18-6-4-11-26-16-18)15-22(29-24)27-20-8-3-7-19(25)14-20/h3-4,6-8,11,14-17H,2,5,9-10,12-13H2,1H3,(H,27,28,29). The predicted octanol–water partition coefficient (Wildman–Crippen LogP) is 4.93. The molecule has 1 aliphatic rings. The molecular formula is C24H26FN5O. The highest BCUT2D eigenvalue weighted by Gasteiger charge is 2.26. The Bertz CT molecular complexity index is 1040. The predicted molar refractivity (Wildman–Crippen MR) is 118 cm³/mol. The zero-order chi connectivity index (χ0) is 21.6. The summed E-state index contributed by atoms with van der Waals surface area (Å²) in [7, 11) is 0. The zero-order valence-corrected chi connectivity index (χ0v) is 17.6. The largest absolute Gasteiger partial charge is 0.343 e. The highest BCUT2D eigenvalue weighted by molar-refractivity contribution is 5.76. The molecule has 1 aliphatic heterocycles. The molecule has 160 valence electrons. The second-order valence-electron chi connectivity index (χ2n) is 7.78. The number of amides is 1. The van der Waals surface area contributed by atoms with Gasteiger partial charge in [0.2, 0.25) is 5.91 Å². The molecule has 1 amide bonds. The van der Waals surface area contributed by atoms with E-state index in [0.717, 1.165) is 49.4 Å². The van der Waals surface area contributed by atoms with Crippen molar-refractivity contribution in [3.8, 4) is 11.3 Å². The number of carbonyl (C=O) groups excluding carboxylic acids is 1. The van der Waals surface area contributed by atoms with Crippen molar-refractivity contribution in [3.05, 3.63) is 66.5 Å². The van der Waals surface area contributed by atoms with Crippen molar-refractivity contribution in [2.24, 2.45) is 0 Å². The third-order valence-electron chi connectivity index (χ3n) is 5.47. The van der Waals surface area contributed by atoms with E-state index < -0.39 is 0 Å². The van der Waals surface area contributed by atoms with Crippen molar-refractivity contribution in [2.75, 3.05) is 18.4 Å². The Balaban J connectivity index is 1.60. The van der Waals surface area contributed by atoms with Crippen LogP contribution in [-0.4, -0.2) is 38.8 Å². The van der Waals surface area contributed by atoms with Crippen LogP contribution in [0, 0.1) is 5.82 Å². The molecule has 4 rings (SSSR count). The summed E-state index contributed by atoms with van der Waals surface area (Å²) in [5, 5.41) is 3.20. The molecule has 6 nitrogen and oxygen atoms in total. The summed E-state index contributed by atoms with van der Waals surface area (Å²) in [6.45, 7) is 3.46. The van der Waals surface area contributed by atoms with Gasteiger partial charge < -0.3 is 10.2 Å². The van der Waals surface area contributed by atoms with E-state index in [2.05, 4.69) is 10.3 Å². The fraction of sp³-hybridized carbons (Fsp3) is 0.333. The van der Waals surface area contributed by atoms with Gasteiger partial charge in [-0.05, 0) is 49.6 Å². The van der Waals surface area contributed by atoms with Gasteiger partial charge in [0.05, 0.1) is 5.69 Å². The second kappa shape index (κ2) is 9.64. The third-order valence-corrected chi connectivity index (χ3v) is 5.47. The fourth-order valence-electron chi connectivity index (χ4n) is 3.85. The van der Waals surface area contributed by atoms with Gasteiger partial charge in [0.25, 0.3) is 0 Å². The average molecular weight is 420 g/mol. The van der Waals surface area contributed by atoms with E-state index in [1.165, 1.54) is 12.1 Å². The van der Waals surface area contributed by atoms with Crippen LogP contribution < -0.4 is 5.32 Å². The summed E-state index contributed by atoms with van der Waals surface area (Å²) in [5.74, 6) is 1.42. The minimum absolute atomic E-state index is 0.162. The van der Waals surface area contributed by atoms with Crippen LogP contribution in [0.5, 0.6) is 0 Å². The van der Waals surface area contributed by atoms with E-state index in [4.69, 9.17) is 9.97 Å². The number of pyridine rings is 1. The van der Waals surface area contributed by atoms with Gasteiger partial charge in [-0.3, -0.25) is 9.78 Å². The summed E-state index contributed by atoms with van der Waals surface area (Å²) in [5.41, 5.74) is 2.28. The lowest BCUT2D eigenvalue weighted by atomic mass is 9.95. The highest BCUT2D eigenvalue weighted by Crippen LogP contribution is 2.30. The maximum absolute atomic E-state index is 13.6. The van der Waals surface area contributed by atoms with Crippen LogP contribution in [0.25, 0.3) is 11.3 Å². The van der Waals surface area contributed by atoms with Gasteiger partial charge >= 0.3 is 0 Å². The van der Waals surface area contributed by atoms with Crippen molar-refractivity contribution in [1.82, 2.24) is 19.9 Å². The van der Waals surface area contributed by atoms with Crippen LogP contribution in [0.2, 0.25) is 0 Å². The van der Waals surface area contributed by atoms with Crippen molar-refractivity contribution in [1.29, 1.82) is 0 Å². The van der Waals surface area contributed by atoms with Gasteiger partial charge in [-0.25, -0.2) is 14.4 Å². The topological polar surface area (TPSA) is 71.0 Å². The minimum atomic E-state index is -0.309. The maximum Gasteiger partial charge on any atom is 0.222 e. The molecule has 1 aromatic carbocycles. The molecule has 0 bridgehead atoms. The highest BCUT2D eigenvalue weighted by atomic mass is 19.1. The summed E-state index contributed by atoms with van der Waals surface area (Å²) >= 11 is 0. The Morgan fingerprint density at radius 2 is 2.00 bits per heavy atom. The first-order valence-corrected chi connectivity index (χ1v) is 10.7. The van der Waals surface area contributed by atoms with Crippen molar-refractivity contribution in [3.63, 3.8) is 0 Å². The molecule has 0 aliphatic carbocycles. The first-order valence-electron chi connectivity index (χ1n) is 10.7. The molecule has 7 heteroatoms. The number of rotatable bonds is 6. The number of piperidine rings is 1. The van der Waals surface area contributed by atoms with Crippen LogP contribution in [0.4, 0.5) is 15.9 Å². The molecule has 1 fully saturated rings. The summed E-state index contributed by atoms with van der Waals surface area (Å²) in [6.07, 6.45) is 6.60. The van der Waals surface area contributed by atoms with Gasteiger partial charge in [0.1, 0.15) is 17.5 Å². The lowest BCUT2D eigenvalue weighted by Crippen LogP contribution is -2.38. The molecule has 1 N–H and O–H groups in total. The number of nitrogens with zero attached hydrogens (tertiary/aromatic N) is 4. The number of hydrogen-bond donors (Lipinski definition) is 1. The van der Waals surface area contributed by atoms with E-state index in [1.54, 1.807) is 24.5 Å². The minimum Gasteiger partial charge on any atom is -0.343 e.